The van der Waals surface area contributed by atoms with E-state index in [1.54, 1.807) is 24.3 Å². The number of anilines is 2. The van der Waals surface area contributed by atoms with E-state index >= 15 is 0 Å². The summed E-state index contributed by atoms with van der Waals surface area (Å²) in [6, 6.07) is 14.5. The van der Waals surface area contributed by atoms with E-state index in [1.807, 2.05) is 24.3 Å². The number of hydrogen-bond donors (Lipinski definition) is 2. The Morgan fingerprint density at radius 1 is 0.962 bits per heavy atom. The Morgan fingerprint density at radius 2 is 1.62 bits per heavy atom. The summed E-state index contributed by atoms with van der Waals surface area (Å²) in [5.74, 6) is -0.247. The molecule has 1 saturated heterocycles. The van der Waals surface area contributed by atoms with Crippen molar-refractivity contribution in [2.24, 2.45) is 5.73 Å². The number of rotatable bonds is 6. The lowest BCUT2D eigenvalue weighted by molar-refractivity contribution is -0.119. The predicted molar refractivity (Wildman–Crippen MR) is 102 cm³/mol. The fraction of sp³-hybridized carbons (Fsp3) is 0.300. The average molecular weight is 353 g/mol. The number of nitrogens with two attached hydrogens (primary N) is 1. The highest BCUT2D eigenvalue weighted by molar-refractivity contribution is 6.04. The fourth-order valence-corrected chi connectivity index (χ4v) is 2.97. The minimum atomic E-state index is -0.542. The molecule has 0 aliphatic carbocycles. The molecule has 0 radical (unpaired) electrons. The standard InChI is InChI=1S/C20H23N3O3/c21-19(24)14-26-18-10-4-15(5-11-18)20(25)22-16-6-8-17(9-7-16)23-12-2-1-3-13-23/h4-11H,1-3,12-14H2,(H2,21,24)(H,22,25). The van der Waals surface area contributed by atoms with Crippen LogP contribution in [0.4, 0.5) is 11.4 Å². The first-order valence-electron chi connectivity index (χ1n) is 8.79. The van der Waals surface area contributed by atoms with Gasteiger partial charge in [-0.05, 0) is 67.8 Å². The smallest absolute Gasteiger partial charge is 0.255 e. The third kappa shape index (κ3) is 4.75. The molecule has 1 aliphatic heterocycles. The number of piperidine rings is 1. The Balaban J connectivity index is 1.57. The zero-order valence-corrected chi connectivity index (χ0v) is 14.6. The van der Waals surface area contributed by atoms with Crippen LogP contribution in [0.2, 0.25) is 0 Å². The normalized spacial score (nSPS) is 13.9. The number of carbonyl (C=O) groups is 2. The number of benzene rings is 2. The molecule has 0 unspecified atom stereocenters. The van der Waals surface area contributed by atoms with E-state index in [0.717, 1.165) is 18.8 Å². The van der Waals surface area contributed by atoms with Gasteiger partial charge in [0.05, 0.1) is 0 Å². The average Bonchev–Trinajstić information content (AvgIpc) is 2.68. The molecule has 3 N–H and O–H groups in total. The maximum atomic E-state index is 12.3. The molecule has 136 valence electrons. The van der Waals surface area contributed by atoms with Crippen LogP contribution in [-0.2, 0) is 4.79 Å². The van der Waals surface area contributed by atoms with E-state index < -0.39 is 5.91 Å². The summed E-state index contributed by atoms with van der Waals surface area (Å²) in [5, 5.41) is 2.89. The van der Waals surface area contributed by atoms with Crippen LogP contribution in [0.25, 0.3) is 0 Å². The molecule has 0 saturated carbocycles. The van der Waals surface area contributed by atoms with Crippen molar-refractivity contribution in [1.82, 2.24) is 0 Å². The van der Waals surface area contributed by atoms with Gasteiger partial charge in [0.25, 0.3) is 11.8 Å². The van der Waals surface area contributed by atoms with Crippen LogP contribution in [-0.4, -0.2) is 31.5 Å². The van der Waals surface area contributed by atoms with Crippen molar-refractivity contribution < 1.29 is 14.3 Å². The SMILES string of the molecule is NC(=O)COc1ccc(C(=O)Nc2ccc(N3CCCCC3)cc2)cc1. The van der Waals surface area contributed by atoms with E-state index in [-0.39, 0.29) is 12.5 Å². The van der Waals surface area contributed by atoms with E-state index in [1.165, 1.54) is 24.9 Å². The summed E-state index contributed by atoms with van der Waals surface area (Å²) < 4.78 is 5.18. The minimum Gasteiger partial charge on any atom is -0.484 e. The molecule has 0 spiro atoms. The molecule has 6 heteroatoms. The van der Waals surface area contributed by atoms with Crippen molar-refractivity contribution in [1.29, 1.82) is 0 Å². The van der Waals surface area contributed by atoms with Crippen LogP contribution in [0.1, 0.15) is 29.6 Å². The third-order valence-electron chi connectivity index (χ3n) is 4.34. The number of primary amides is 1. The van der Waals surface area contributed by atoms with Crippen LogP contribution >= 0.6 is 0 Å². The van der Waals surface area contributed by atoms with Crippen LogP contribution in [0.15, 0.2) is 48.5 Å². The lowest BCUT2D eigenvalue weighted by atomic mass is 10.1. The summed E-state index contributed by atoms with van der Waals surface area (Å²) in [7, 11) is 0. The maximum absolute atomic E-state index is 12.3. The lowest BCUT2D eigenvalue weighted by Crippen LogP contribution is -2.29. The van der Waals surface area contributed by atoms with E-state index in [2.05, 4.69) is 10.2 Å². The molecule has 2 amide bonds. The van der Waals surface area contributed by atoms with E-state index in [4.69, 9.17) is 10.5 Å². The number of carbonyl (C=O) groups excluding carboxylic acids is 2. The quantitative estimate of drug-likeness (QED) is 0.836. The first-order chi connectivity index (χ1) is 12.6. The maximum Gasteiger partial charge on any atom is 0.255 e. The molecule has 0 aromatic heterocycles. The van der Waals surface area contributed by atoms with Gasteiger partial charge in [0.15, 0.2) is 6.61 Å². The number of ether oxygens (including phenoxy) is 1. The molecular weight excluding hydrogens is 330 g/mol. The van der Waals surface area contributed by atoms with Crippen molar-refractivity contribution in [3.8, 4) is 5.75 Å². The Hall–Kier alpha value is -3.02. The van der Waals surface area contributed by atoms with Gasteiger partial charge >= 0.3 is 0 Å². The van der Waals surface area contributed by atoms with Crippen LogP contribution < -0.4 is 20.7 Å². The Morgan fingerprint density at radius 3 is 2.23 bits per heavy atom. The Bertz CT molecular complexity index is 751. The largest absolute Gasteiger partial charge is 0.484 e. The van der Waals surface area contributed by atoms with Gasteiger partial charge < -0.3 is 20.7 Å². The monoisotopic (exact) mass is 353 g/mol. The Labute approximate surface area is 152 Å². The molecule has 2 aromatic carbocycles. The number of nitrogens with one attached hydrogen (secondary N) is 1. The highest BCUT2D eigenvalue weighted by Gasteiger charge is 2.11. The molecule has 1 aliphatic rings. The van der Waals surface area contributed by atoms with Crippen molar-refractivity contribution in [3.05, 3.63) is 54.1 Å². The number of hydrogen-bond acceptors (Lipinski definition) is 4. The molecule has 6 nitrogen and oxygen atoms in total. The highest BCUT2D eigenvalue weighted by Crippen LogP contribution is 2.22. The molecule has 1 fully saturated rings. The fourth-order valence-electron chi connectivity index (χ4n) is 2.97. The van der Waals surface area contributed by atoms with Gasteiger partial charge in [-0.2, -0.15) is 0 Å². The predicted octanol–water partition coefficient (Wildman–Crippen LogP) is 2.79. The van der Waals surface area contributed by atoms with E-state index in [0.29, 0.717) is 11.3 Å². The van der Waals surface area contributed by atoms with Crippen molar-refractivity contribution >= 4 is 23.2 Å². The first-order valence-corrected chi connectivity index (χ1v) is 8.79. The van der Waals surface area contributed by atoms with Gasteiger partial charge in [0.2, 0.25) is 0 Å². The van der Waals surface area contributed by atoms with Gasteiger partial charge in [-0.3, -0.25) is 9.59 Å². The van der Waals surface area contributed by atoms with Crippen LogP contribution in [0.3, 0.4) is 0 Å². The second-order valence-electron chi connectivity index (χ2n) is 6.33. The van der Waals surface area contributed by atoms with E-state index in [9.17, 15) is 9.59 Å². The number of nitrogens with zero attached hydrogens (tertiary/aromatic N) is 1. The summed E-state index contributed by atoms with van der Waals surface area (Å²) >= 11 is 0. The minimum absolute atomic E-state index is 0.186. The molecule has 26 heavy (non-hydrogen) atoms. The van der Waals surface area contributed by atoms with Crippen molar-refractivity contribution in [2.45, 2.75) is 19.3 Å². The van der Waals surface area contributed by atoms with Gasteiger partial charge in [-0.25, -0.2) is 0 Å². The summed E-state index contributed by atoms with van der Waals surface area (Å²) in [4.78, 5) is 25.4. The highest BCUT2D eigenvalue weighted by atomic mass is 16.5. The van der Waals surface area contributed by atoms with Crippen LogP contribution in [0, 0.1) is 0 Å². The Kier molecular flexibility index (Phi) is 5.73. The van der Waals surface area contributed by atoms with Gasteiger partial charge in [-0.15, -0.1) is 0 Å². The molecule has 2 aromatic rings. The van der Waals surface area contributed by atoms with Crippen LogP contribution in [0.5, 0.6) is 5.75 Å². The summed E-state index contributed by atoms with van der Waals surface area (Å²) in [5.41, 5.74) is 7.49. The second kappa shape index (κ2) is 8.38. The van der Waals surface area contributed by atoms with Gasteiger partial charge in [0, 0.05) is 30.0 Å². The second-order valence-corrected chi connectivity index (χ2v) is 6.33. The zero-order valence-electron chi connectivity index (χ0n) is 14.6. The molecule has 3 rings (SSSR count). The van der Waals surface area contributed by atoms with Crippen molar-refractivity contribution in [3.63, 3.8) is 0 Å². The zero-order chi connectivity index (χ0) is 18.4. The van der Waals surface area contributed by atoms with Gasteiger partial charge in [-0.1, -0.05) is 0 Å². The lowest BCUT2D eigenvalue weighted by Gasteiger charge is -2.28. The molecule has 1 heterocycles. The van der Waals surface area contributed by atoms with Crippen molar-refractivity contribution in [2.75, 3.05) is 29.9 Å². The van der Waals surface area contributed by atoms with Gasteiger partial charge in [0.1, 0.15) is 5.75 Å². The third-order valence-corrected chi connectivity index (χ3v) is 4.34. The molecule has 0 atom stereocenters. The topological polar surface area (TPSA) is 84.7 Å². The molecular formula is C20H23N3O3. The number of amides is 2. The molecule has 0 bridgehead atoms. The summed E-state index contributed by atoms with van der Waals surface area (Å²) in [6.45, 7) is 2.00. The first kappa shape index (κ1) is 17.8. The summed E-state index contributed by atoms with van der Waals surface area (Å²) in [6.07, 6.45) is 3.77.